The summed E-state index contributed by atoms with van der Waals surface area (Å²) >= 11 is 0. The molecular formula is C10H17N5O4. The van der Waals surface area contributed by atoms with E-state index in [0.29, 0.717) is 13.0 Å². The Labute approximate surface area is 110 Å². The van der Waals surface area contributed by atoms with Crippen molar-refractivity contribution in [3.05, 3.63) is 22.8 Å². The van der Waals surface area contributed by atoms with E-state index in [4.69, 9.17) is 21.1 Å². The van der Waals surface area contributed by atoms with Gasteiger partial charge in [0.05, 0.1) is 12.8 Å². The van der Waals surface area contributed by atoms with Gasteiger partial charge in [-0.1, -0.05) is 5.11 Å². The number of carbonyl (C=O) groups excluding carboxylic acids is 1. The molecule has 0 aliphatic carbocycles. The highest BCUT2D eigenvalue weighted by molar-refractivity contribution is 5.76. The van der Waals surface area contributed by atoms with Crippen LogP contribution in [0.15, 0.2) is 17.5 Å². The van der Waals surface area contributed by atoms with Gasteiger partial charge in [0, 0.05) is 17.9 Å². The molecule has 0 aromatic heterocycles. The number of nitrogens with zero attached hydrogens (tertiary/aromatic N) is 3. The van der Waals surface area contributed by atoms with Gasteiger partial charge in [-0.3, -0.25) is 9.59 Å². The molecule has 0 spiro atoms. The van der Waals surface area contributed by atoms with E-state index in [2.05, 4.69) is 15.3 Å². The Balaban J connectivity index is 3.50. The zero-order chi connectivity index (χ0) is 14.5. The fourth-order valence-corrected chi connectivity index (χ4v) is 0.983. The van der Waals surface area contributed by atoms with Gasteiger partial charge < -0.3 is 20.9 Å². The Morgan fingerprint density at radius 2 is 2.32 bits per heavy atom. The van der Waals surface area contributed by atoms with Crippen LogP contribution in [0.3, 0.4) is 0 Å². The molecule has 9 heteroatoms. The monoisotopic (exact) mass is 271 g/mol. The van der Waals surface area contributed by atoms with E-state index in [1.165, 1.54) is 12.3 Å². The maximum atomic E-state index is 11.2. The van der Waals surface area contributed by atoms with Crippen LogP contribution in [0.5, 0.6) is 0 Å². The molecule has 0 aromatic rings. The molecule has 0 heterocycles. The molecule has 0 aromatic carbocycles. The first kappa shape index (κ1) is 16.8. The van der Waals surface area contributed by atoms with Crippen LogP contribution in [0, 0.1) is 0 Å². The highest BCUT2D eigenvalue weighted by Crippen LogP contribution is 1.90. The second-order valence-electron chi connectivity index (χ2n) is 3.47. The summed E-state index contributed by atoms with van der Waals surface area (Å²) in [7, 11) is 0. The van der Waals surface area contributed by atoms with Gasteiger partial charge in [0.25, 0.3) is 0 Å². The van der Waals surface area contributed by atoms with Crippen LogP contribution >= 0.6 is 0 Å². The second kappa shape index (κ2) is 10.9. The smallest absolute Gasteiger partial charge is 0.324 e. The normalized spacial score (nSPS) is 11.6. The minimum Gasteiger partial charge on any atom is -0.500 e. The van der Waals surface area contributed by atoms with Crippen LogP contribution in [-0.4, -0.2) is 42.7 Å². The summed E-state index contributed by atoms with van der Waals surface area (Å²) in [6.45, 7) is 0.800. The predicted molar refractivity (Wildman–Crippen MR) is 67.0 cm³/mol. The molecule has 106 valence electrons. The molecule has 0 fully saturated rings. The summed E-state index contributed by atoms with van der Waals surface area (Å²) in [6, 6.07) is -1.10. The largest absolute Gasteiger partial charge is 0.500 e. The lowest BCUT2D eigenvalue weighted by molar-refractivity contribution is -0.137. The Hall–Kier alpha value is -2.25. The number of carboxylic acid groups (broad SMARTS) is 1. The number of ether oxygens (including phenoxy) is 1. The summed E-state index contributed by atoms with van der Waals surface area (Å²) in [5.74, 6) is -1.31. The number of nitrogens with two attached hydrogens (primary N) is 1. The minimum atomic E-state index is -1.15. The highest BCUT2D eigenvalue weighted by Gasteiger charge is 2.05. The third-order valence-corrected chi connectivity index (χ3v) is 1.93. The second-order valence-corrected chi connectivity index (χ2v) is 3.47. The van der Waals surface area contributed by atoms with Gasteiger partial charge in [0.2, 0.25) is 5.91 Å². The van der Waals surface area contributed by atoms with Crippen LogP contribution in [0.25, 0.3) is 10.4 Å². The number of aliphatic carboxylic acids is 1. The topological polar surface area (TPSA) is 150 Å². The van der Waals surface area contributed by atoms with E-state index in [0.717, 1.165) is 0 Å². The Morgan fingerprint density at radius 3 is 2.95 bits per heavy atom. The van der Waals surface area contributed by atoms with Crippen LogP contribution in [0.1, 0.15) is 12.8 Å². The fourth-order valence-electron chi connectivity index (χ4n) is 0.983. The Kier molecular flexibility index (Phi) is 9.59. The zero-order valence-corrected chi connectivity index (χ0v) is 10.4. The predicted octanol–water partition coefficient (Wildman–Crippen LogP) is 0.135. The Morgan fingerprint density at radius 1 is 1.58 bits per heavy atom. The molecular weight excluding hydrogens is 254 g/mol. The lowest BCUT2D eigenvalue weighted by Crippen LogP contribution is -2.28. The standard InChI is InChI=1S/C10H17N5O4/c11-8(10(17)18)3-6-19-7-5-13-9(16)2-1-4-14-15-12/h3,6,8H,1-2,4-5,7,11H2,(H,13,16)(H,17,18)/b6-3+/t8-/m0/s1. The van der Waals surface area contributed by atoms with Crippen molar-refractivity contribution in [2.75, 3.05) is 19.7 Å². The van der Waals surface area contributed by atoms with E-state index >= 15 is 0 Å². The van der Waals surface area contributed by atoms with Crippen molar-refractivity contribution in [2.45, 2.75) is 18.9 Å². The maximum absolute atomic E-state index is 11.2. The van der Waals surface area contributed by atoms with Gasteiger partial charge in [-0.05, 0) is 18.0 Å². The molecule has 0 saturated carbocycles. The number of rotatable bonds is 10. The van der Waals surface area contributed by atoms with Crippen molar-refractivity contribution < 1.29 is 19.4 Å². The molecule has 0 saturated heterocycles. The van der Waals surface area contributed by atoms with Crippen molar-refractivity contribution >= 4 is 11.9 Å². The molecule has 0 bridgehead atoms. The average molecular weight is 271 g/mol. The molecule has 19 heavy (non-hydrogen) atoms. The lowest BCUT2D eigenvalue weighted by atomic mass is 10.3. The first-order valence-corrected chi connectivity index (χ1v) is 5.62. The number of amides is 1. The maximum Gasteiger partial charge on any atom is 0.324 e. The molecule has 0 rings (SSSR count). The van der Waals surface area contributed by atoms with Gasteiger partial charge in [0.15, 0.2) is 0 Å². The van der Waals surface area contributed by atoms with Crippen LogP contribution in [0.4, 0.5) is 0 Å². The van der Waals surface area contributed by atoms with Crippen molar-refractivity contribution in [1.82, 2.24) is 5.32 Å². The highest BCUT2D eigenvalue weighted by atomic mass is 16.5. The van der Waals surface area contributed by atoms with Crippen molar-refractivity contribution in [1.29, 1.82) is 0 Å². The number of azide groups is 1. The molecule has 4 N–H and O–H groups in total. The third kappa shape index (κ3) is 10.6. The van der Waals surface area contributed by atoms with E-state index in [1.807, 2.05) is 0 Å². The zero-order valence-electron chi connectivity index (χ0n) is 10.4. The first-order valence-electron chi connectivity index (χ1n) is 5.62. The number of carboxylic acids is 1. The molecule has 0 unspecified atom stereocenters. The fraction of sp³-hybridized carbons (Fsp3) is 0.600. The SMILES string of the molecule is [N-]=[N+]=NCCCC(=O)NCCO/C=C/[C@H](N)C(=O)O. The third-order valence-electron chi connectivity index (χ3n) is 1.93. The van der Waals surface area contributed by atoms with Gasteiger partial charge in [-0.15, -0.1) is 0 Å². The molecule has 0 radical (unpaired) electrons. The van der Waals surface area contributed by atoms with Crippen molar-refractivity contribution in [3.8, 4) is 0 Å². The minimum absolute atomic E-state index is 0.164. The Bertz CT molecular complexity index is 365. The van der Waals surface area contributed by atoms with E-state index < -0.39 is 12.0 Å². The van der Waals surface area contributed by atoms with E-state index in [9.17, 15) is 9.59 Å². The quantitative estimate of drug-likeness (QED) is 0.170. The van der Waals surface area contributed by atoms with Gasteiger partial charge in [-0.2, -0.15) is 0 Å². The van der Waals surface area contributed by atoms with Gasteiger partial charge in [-0.25, -0.2) is 0 Å². The van der Waals surface area contributed by atoms with Crippen molar-refractivity contribution in [2.24, 2.45) is 10.8 Å². The number of carbonyl (C=O) groups is 2. The average Bonchev–Trinajstić information content (AvgIpc) is 2.38. The van der Waals surface area contributed by atoms with Gasteiger partial charge >= 0.3 is 5.97 Å². The molecule has 9 nitrogen and oxygen atoms in total. The van der Waals surface area contributed by atoms with Gasteiger partial charge in [0.1, 0.15) is 12.6 Å². The summed E-state index contributed by atoms with van der Waals surface area (Å²) in [6.07, 6.45) is 3.15. The number of nitrogens with one attached hydrogen (secondary N) is 1. The molecule has 1 atom stereocenters. The van der Waals surface area contributed by atoms with Crippen LogP contribution in [0.2, 0.25) is 0 Å². The molecule has 0 aliphatic heterocycles. The number of hydrogen-bond acceptors (Lipinski definition) is 5. The summed E-state index contributed by atoms with van der Waals surface area (Å²) < 4.78 is 4.94. The van der Waals surface area contributed by atoms with Crippen LogP contribution < -0.4 is 11.1 Å². The van der Waals surface area contributed by atoms with E-state index in [1.54, 1.807) is 0 Å². The first-order chi connectivity index (χ1) is 9.07. The summed E-state index contributed by atoms with van der Waals surface area (Å²) in [5, 5.41) is 14.4. The van der Waals surface area contributed by atoms with Crippen LogP contribution in [-0.2, 0) is 14.3 Å². The van der Waals surface area contributed by atoms with E-state index in [-0.39, 0.29) is 25.5 Å². The molecule has 0 aliphatic rings. The lowest BCUT2D eigenvalue weighted by Gasteiger charge is -2.04. The number of hydrogen-bond donors (Lipinski definition) is 3. The summed E-state index contributed by atoms with van der Waals surface area (Å²) in [5.41, 5.74) is 13.2. The van der Waals surface area contributed by atoms with Crippen molar-refractivity contribution in [3.63, 3.8) is 0 Å². The molecule has 1 amide bonds. The summed E-state index contributed by atoms with van der Waals surface area (Å²) in [4.78, 5) is 24.1.